The van der Waals surface area contributed by atoms with Gasteiger partial charge in [0.25, 0.3) is 0 Å². The Morgan fingerprint density at radius 1 is 1.21 bits per heavy atom. The van der Waals surface area contributed by atoms with E-state index in [1.807, 2.05) is 55.8 Å². The quantitative estimate of drug-likeness (QED) is 0.567. The number of fused-ring (bicyclic) bond motifs is 1. The smallest absolute Gasteiger partial charge is 0.416 e. The fourth-order valence-corrected chi connectivity index (χ4v) is 3.04. The van der Waals surface area contributed by atoms with Crippen LogP contribution in [0.3, 0.4) is 0 Å². The number of rotatable bonds is 4. The van der Waals surface area contributed by atoms with Crippen LogP contribution in [0.15, 0.2) is 54.8 Å². The van der Waals surface area contributed by atoms with Crippen LogP contribution in [0.5, 0.6) is 5.75 Å². The van der Waals surface area contributed by atoms with Gasteiger partial charge in [0.2, 0.25) is 0 Å². The maximum absolute atomic E-state index is 11.8. The minimum Gasteiger partial charge on any atom is -0.497 e. The lowest BCUT2D eigenvalue weighted by Crippen LogP contribution is -2.12. The zero-order valence-corrected chi connectivity index (χ0v) is 17.4. The summed E-state index contributed by atoms with van der Waals surface area (Å²) < 4.78 is 12.2. The number of nitriles is 1. The Hall–Kier alpha value is -3.72. The van der Waals surface area contributed by atoms with E-state index in [0.29, 0.717) is 17.0 Å². The van der Waals surface area contributed by atoms with Gasteiger partial charge >= 0.3 is 6.09 Å². The molecule has 0 aliphatic rings. The van der Waals surface area contributed by atoms with Crippen molar-refractivity contribution in [1.82, 2.24) is 4.57 Å². The molecular formula is C23H25N3O3. The Bertz CT molecular complexity index is 1090. The second-order valence-corrected chi connectivity index (χ2v) is 6.07. The predicted molar refractivity (Wildman–Crippen MR) is 116 cm³/mol. The SMILES string of the molecule is C=C(C)OC(=O)Nc1cccc(-c2c(C#N)c3ccc(OC)cc3n2C)c1.CC. The average Bonchev–Trinajstić information content (AvgIpc) is 3.00. The Labute approximate surface area is 171 Å². The second kappa shape index (κ2) is 9.47. The number of nitrogens with zero attached hydrogens (tertiary/aromatic N) is 2. The highest BCUT2D eigenvalue weighted by atomic mass is 16.6. The van der Waals surface area contributed by atoms with Gasteiger partial charge in [-0.25, -0.2) is 4.79 Å². The number of hydrogen-bond acceptors (Lipinski definition) is 4. The first kappa shape index (κ1) is 21.6. The van der Waals surface area contributed by atoms with Gasteiger partial charge in [0.05, 0.1) is 29.6 Å². The van der Waals surface area contributed by atoms with Crippen LogP contribution in [0.25, 0.3) is 22.2 Å². The minimum atomic E-state index is -0.609. The van der Waals surface area contributed by atoms with Crippen molar-refractivity contribution in [1.29, 1.82) is 5.26 Å². The summed E-state index contributed by atoms with van der Waals surface area (Å²) in [6.07, 6.45) is -0.609. The zero-order valence-electron chi connectivity index (χ0n) is 17.4. The molecule has 3 rings (SSSR count). The number of ether oxygens (including phenoxy) is 2. The number of carbonyl (C=O) groups excluding carboxylic acids is 1. The molecule has 0 unspecified atom stereocenters. The van der Waals surface area contributed by atoms with Crippen molar-refractivity contribution in [2.24, 2.45) is 7.05 Å². The lowest BCUT2D eigenvalue weighted by Gasteiger charge is -2.09. The summed E-state index contributed by atoms with van der Waals surface area (Å²) >= 11 is 0. The maximum Gasteiger partial charge on any atom is 0.416 e. The van der Waals surface area contributed by atoms with Crippen LogP contribution in [0.4, 0.5) is 10.5 Å². The van der Waals surface area contributed by atoms with Crippen LogP contribution in [0.1, 0.15) is 26.3 Å². The van der Waals surface area contributed by atoms with Crippen molar-refractivity contribution in [3.63, 3.8) is 0 Å². The number of benzene rings is 2. The first-order valence-corrected chi connectivity index (χ1v) is 9.26. The summed E-state index contributed by atoms with van der Waals surface area (Å²) in [5.74, 6) is 1.02. The summed E-state index contributed by atoms with van der Waals surface area (Å²) in [7, 11) is 3.50. The molecule has 150 valence electrons. The van der Waals surface area contributed by atoms with E-state index < -0.39 is 6.09 Å². The number of anilines is 1. The van der Waals surface area contributed by atoms with E-state index in [4.69, 9.17) is 9.47 Å². The van der Waals surface area contributed by atoms with Gasteiger partial charge in [-0.05, 0) is 31.2 Å². The largest absolute Gasteiger partial charge is 0.497 e. The molecule has 2 aromatic carbocycles. The first-order chi connectivity index (χ1) is 13.9. The Morgan fingerprint density at radius 3 is 2.55 bits per heavy atom. The number of hydrogen-bond donors (Lipinski definition) is 1. The molecule has 3 aromatic rings. The molecule has 0 bridgehead atoms. The topological polar surface area (TPSA) is 76.3 Å². The summed E-state index contributed by atoms with van der Waals surface area (Å²) in [6, 6.07) is 15.2. The van der Waals surface area contributed by atoms with Crippen LogP contribution in [-0.4, -0.2) is 17.8 Å². The summed E-state index contributed by atoms with van der Waals surface area (Å²) in [6.45, 7) is 9.14. The molecule has 29 heavy (non-hydrogen) atoms. The van der Waals surface area contributed by atoms with Gasteiger partial charge in [-0.1, -0.05) is 32.6 Å². The fourth-order valence-electron chi connectivity index (χ4n) is 3.04. The number of methoxy groups -OCH3 is 1. The zero-order chi connectivity index (χ0) is 21.6. The molecule has 6 heteroatoms. The molecule has 1 N–H and O–H groups in total. The summed E-state index contributed by atoms with van der Waals surface area (Å²) in [5, 5.41) is 13.2. The van der Waals surface area contributed by atoms with Crippen LogP contribution in [0, 0.1) is 11.3 Å². The summed E-state index contributed by atoms with van der Waals surface area (Å²) in [5.41, 5.74) is 3.58. The highest BCUT2D eigenvalue weighted by molar-refractivity contribution is 5.96. The molecular weight excluding hydrogens is 366 g/mol. The molecule has 0 aliphatic heterocycles. The van der Waals surface area contributed by atoms with Gasteiger partial charge in [0.15, 0.2) is 0 Å². The highest BCUT2D eigenvalue weighted by Crippen LogP contribution is 2.35. The lowest BCUT2D eigenvalue weighted by molar-refractivity contribution is 0.192. The molecule has 0 atom stereocenters. The molecule has 0 radical (unpaired) electrons. The molecule has 0 saturated carbocycles. The van der Waals surface area contributed by atoms with Crippen molar-refractivity contribution < 1.29 is 14.3 Å². The molecule has 1 amide bonds. The number of amides is 1. The van der Waals surface area contributed by atoms with E-state index in [1.54, 1.807) is 26.2 Å². The van der Waals surface area contributed by atoms with E-state index in [0.717, 1.165) is 27.9 Å². The number of aryl methyl sites for hydroxylation is 1. The minimum absolute atomic E-state index is 0.304. The standard InChI is InChI=1S/C21H19N3O3.C2H6/c1-13(2)27-21(25)23-15-7-5-6-14(10-15)20-18(12-22)17-9-8-16(26-4)11-19(17)24(20)3;1-2/h5-11H,1H2,2-4H3,(H,23,25);1-2H3. The third-order valence-corrected chi connectivity index (χ3v) is 4.17. The molecule has 0 spiro atoms. The predicted octanol–water partition coefficient (Wildman–Crippen LogP) is 5.83. The molecule has 0 aliphatic carbocycles. The number of carbonyl (C=O) groups is 1. The van der Waals surface area contributed by atoms with Crippen molar-refractivity contribution in [3.8, 4) is 23.1 Å². The van der Waals surface area contributed by atoms with Crippen LogP contribution < -0.4 is 10.1 Å². The maximum atomic E-state index is 11.8. The van der Waals surface area contributed by atoms with Gasteiger partial charge in [-0.2, -0.15) is 5.26 Å². The van der Waals surface area contributed by atoms with E-state index in [1.165, 1.54) is 0 Å². The monoisotopic (exact) mass is 391 g/mol. The molecule has 1 aromatic heterocycles. The van der Waals surface area contributed by atoms with Crippen molar-refractivity contribution in [3.05, 3.63) is 60.4 Å². The Balaban J connectivity index is 0.00000145. The highest BCUT2D eigenvalue weighted by Gasteiger charge is 2.17. The third-order valence-electron chi connectivity index (χ3n) is 4.17. The fraction of sp³-hybridized carbons (Fsp3) is 0.217. The number of allylic oxidation sites excluding steroid dienone is 1. The van der Waals surface area contributed by atoms with Crippen LogP contribution >= 0.6 is 0 Å². The molecule has 0 fully saturated rings. The van der Waals surface area contributed by atoms with Crippen molar-refractivity contribution in [2.75, 3.05) is 12.4 Å². The second-order valence-electron chi connectivity index (χ2n) is 6.07. The molecule has 0 saturated heterocycles. The van der Waals surface area contributed by atoms with Crippen LogP contribution in [-0.2, 0) is 11.8 Å². The Kier molecular flexibility index (Phi) is 7.05. The van der Waals surface area contributed by atoms with E-state index in [2.05, 4.69) is 18.0 Å². The van der Waals surface area contributed by atoms with Crippen molar-refractivity contribution in [2.45, 2.75) is 20.8 Å². The number of nitrogens with one attached hydrogen (secondary N) is 1. The van der Waals surface area contributed by atoms with E-state index >= 15 is 0 Å². The van der Waals surface area contributed by atoms with Gasteiger partial charge in [0.1, 0.15) is 11.8 Å². The van der Waals surface area contributed by atoms with Gasteiger partial charge in [-0.15, -0.1) is 0 Å². The molecule has 1 heterocycles. The van der Waals surface area contributed by atoms with Gasteiger partial charge < -0.3 is 14.0 Å². The van der Waals surface area contributed by atoms with Crippen molar-refractivity contribution >= 4 is 22.7 Å². The van der Waals surface area contributed by atoms with E-state index in [9.17, 15) is 10.1 Å². The van der Waals surface area contributed by atoms with Crippen LogP contribution in [0.2, 0.25) is 0 Å². The first-order valence-electron chi connectivity index (χ1n) is 9.26. The Morgan fingerprint density at radius 2 is 1.93 bits per heavy atom. The average molecular weight is 391 g/mol. The lowest BCUT2D eigenvalue weighted by atomic mass is 10.1. The molecule has 6 nitrogen and oxygen atoms in total. The van der Waals surface area contributed by atoms with E-state index in [-0.39, 0.29) is 0 Å². The third kappa shape index (κ3) is 4.58. The van der Waals surface area contributed by atoms with Gasteiger partial charge in [0, 0.05) is 29.8 Å². The summed E-state index contributed by atoms with van der Waals surface area (Å²) in [4.78, 5) is 11.8. The van der Waals surface area contributed by atoms with Gasteiger partial charge in [-0.3, -0.25) is 5.32 Å². The number of aromatic nitrogens is 1. The normalized spacial score (nSPS) is 9.79.